The summed E-state index contributed by atoms with van der Waals surface area (Å²) in [6.45, 7) is 2.60. The van der Waals surface area contributed by atoms with E-state index in [1.165, 1.54) is 0 Å². The van der Waals surface area contributed by atoms with Crippen LogP contribution in [0.15, 0.2) is 72.8 Å². The Labute approximate surface area is 169 Å². The molecule has 1 aromatic heterocycles. The van der Waals surface area contributed by atoms with Crippen LogP contribution in [0.25, 0.3) is 22.0 Å². The van der Waals surface area contributed by atoms with Crippen LogP contribution in [-0.4, -0.2) is 10.9 Å². The largest absolute Gasteiger partial charge is 0.489 e. The van der Waals surface area contributed by atoms with E-state index < -0.39 is 0 Å². The molecule has 2 heterocycles. The molecule has 1 aliphatic heterocycles. The number of carbonyl (C=O) groups is 1. The van der Waals surface area contributed by atoms with E-state index in [2.05, 4.69) is 29.4 Å². The topological polar surface area (TPSA) is 54.1 Å². The zero-order chi connectivity index (χ0) is 19.8. The summed E-state index contributed by atoms with van der Waals surface area (Å²) in [6.07, 6.45) is 0.844. The molecule has 0 unspecified atom stereocenters. The van der Waals surface area contributed by atoms with Gasteiger partial charge in [0, 0.05) is 16.5 Å². The molecule has 0 spiro atoms. The highest BCUT2D eigenvalue weighted by atomic mass is 16.5. The van der Waals surface area contributed by atoms with E-state index in [9.17, 15) is 4.79 Å². The van der Waals surface area contributed by atoms with Crippen molar-refractivity contribution in [2.45, 2.75) is 26.0 Å². The SMILES string of the molecule is CC[C@H]1NC(=O)c2[nH]c3ccc(OCc4ccccc4)cc3c2-c2ccccc21. The Balaban J connectivity index is 1.61. The highest BCUT2D eigenvalue weighted by molar-refractivity contribution is 6.11. The predicted molar refractivity (Wildman–Crippen MR) is 115 cm³/mol. The van der Waals surface area contributed by atoms with Crippen LogP contribution in [-0.2, 0) is 6.61 Å². The number of aromatic nitrogens is 1. The lowest BCUT2D eigenvalue weighted by atomic mass is 9.93. The van der Waals surface area contributed by atoms with Crippen LogP contribution in [0.4, 0.5) is 0 Å². The molecule has 0 bridgehead atoms. The molecule has 1 amide bonds. The van der Waals surface area contributed by atoms with Gasteiger partial charge in [0.05, 0.1) is 6.04 Å². The molecule has 0 radical (unpaired) electrons. The fourth-order valence-electron chi connectivity index (χ4n) is 4.11. The lowest BCUT2D eigenvalue weighted by Crippen LogP contribution is -2.27. The molecule has 2 N–H and O–H groups in total. The molecule has 4 aromatic rings. The fraction of sp³-hybridized carbons (Fsp3) is 0.160. The van der Waals surface area contributed by atoms with Crippen LogP contribution in [0.3, 0.4) is 0 Å². The number of ether oxygens (including phenoxy) is 1. The van der Waals surface area contributed by atoms with Crippen molar-refractivity contribution in [3.05, 3.63) is 89.6 Å². The molecule has 1 aliphatic rings. The molecule has 1 atom stereocenters. The molecule has 3 aromatic carbocycles. The Hall–Kier alpha value is -3.53. The number of amides is 1. The van der Waals surface area contributed by atoms with E-state index in [4.69, 9.17) is 4.74 Å². The van der Waals surface area contributed by atoms with Gasteiger partial charge in [0.2, 0.25) is 0 Å². The van der Waals surface area contributed by atoms with E-state index in [0.717, 1.165) is 45.3 Å². The minimum Gasteiger partial charge on any atom is -0.489 e. The van der Waals surface area contributed by atoms with Gasteiger partial charge < -0.3 is 15.0 Å². The van der Waals surface area contributed by atoms with Gasteiger partial charge >= 0.3 is 0 Å². The lowest BCUT2D eigenvalue weighted by molar-refractivity contribution is 0.0933. The first-order valence-corrected chi connectivity index (χ1v) is 9.97. The summed E-state index contributed by atoms with van der Waals surface area (Å²) in [6, 6.07) is 24.3. The molecular weight excluding hydrogens is 360 g/mol. The van der Waals surface area contributed by atoms with Crippen molar-refractivity contribution < 1.29 is 9.53 Å². The summed E-state index contributed by atoms with van der Waals surface area (Å²) in [5.74, 6) is 0.725. The third-order valence-electron chi connectivity index (χ3n) is 5.56. The van der Waals surface area contributed by atoms with Gasteiger partial charge in [-0.1, -0.05) is 61.5 Å². The fourth-order valence-corrected chi connectivity index (χ4v) is 4.11. The van der Waals surface area contributed by atoms with Gasteiger partial charge in [0.25, 0.3) is 5.91 Å². The maximum absolute atomic E-state index is 12.9. The van der Waals surface area contributed by atoms with Crippen LogP contribution in [0.2, 0.25) is 0 Å². The monoisotopic (exact) mass is 382 g/mol. The first-order valence-electron chi connectivity index (χ1n) is 9.97. The number of benzene rings is 3. The Morgan fingerprint density at radius 2 is 1.76 bits per heavy atom. The first-order chi connectivity index (χ1) is 14.2. The van der Waals surface area contributed by atoms with Gasteiger partial charge in [-0.2, -0.15) is 0 Å². The summed E-state index contributed by atoms with van der Waals surface area (Å²) in [4.78, 5) is 16.3. The standard InChI is InChI=1S/C25H22N2O2/c1-2-21-18-10-6-7-11-19(18)23-20-14-17(29-15-16-8-4-3-5-9-16)12-13-22(20)26-24(23)25(28)27-21/h3-14,21,26H,2,15H2,1H3,(H,27,28)/t21-/m1/s1. The van der Waals surface area contributed by atoms with E-state index >= 15 is 0 Å². The van der Waals surface area contributed by atoms with Crippen molar-refractivity contribution in [2.75, 3.05) is 0 Å². The van der Waals surface area contributed by atoms with Crippen molar-refractivity contribution >= 4 is 16.8 Å². The second-order valence-electron chi connectivity index (χ2n) is 7.38. The Bertz CT molecular complexity index is 1190. The minimum absolute atomic E-state index is 0.00654. The third kappa shape index (κ3) is 3.07. The maximum atomic E-state index is 12.9. The van der Waals surface area contributed by atoms with Crippen molar-refractivity contribution in [3.8, 4) is 16.9 Å². The Morgan fingerprint density at radius 1 is 0.966 bits per heavy atom. The van der Waals surface area contributed by atoms with Crippen LogP contribution in [0.5, 0.6) is 5.75 Å². The van der Waals surface area contributed by atoms with Gasteiger partial charge in [-0.05, 0) is 41.3 Å². The number of rotatable bonds is 4. The average Bonchev–Trinajstić information content (AvgIpc) is 3.10. The maximum Gasteiger partial charge on any atom is 0.268 e. The van der Waals surface area contributed by atoms with Gasteiger partial charge in [0.15, 0.2) is 0 Å². The third-order valence-corrected chi connectivity index (χ3v) is 5.56. The van der Waals surface area contributed by atoms with Crippen molar-refractivity contribution in [2.24, 2.45) is 0 Å². The van der Waals surface area contributed by atoms with Gasteiger partial charge in [0.1, 0.15) is 18.1 Å². The number of aromatic amines is 1. The van der Waals surface area contributed by atoms with E-state index in [-0.39, 0.29) is 11.9 Å². The number of carbonyl (C=O) groups excluding carboxylic acids is 1. The molecule has 4 nitrogen and oxygen atoms in total. The molecule has 0 saturated carbocycles. The summed E-state index contributed by atoms with van der Waals surface area (Å²) in [7, 11) is 0. The van der Waals surface area contributed by atoms with Crippen molar-refractivity contribution in [3.63, 3.8) is 0 Å². The van der Waals surface area contributed by atoms with E-state index in [0.29, 0.717) is 12.3 Å². The average molecular weight is 382 g/mol. The molecule has 0 aliphatic carbocycles. The smallest absolute Gasteiger partial charge is 0.268 e. The number of nitrogens with one attached hydrogen (secondary N) is 2. The Morgan fingerprint density at radius 3 is 2.59 bits per heavy atom. The first kappa shape index (κ1) is 17.6. The normalized spacial score (nSPS) is 15.3. The van der Waals surface area contributed by atoms with Crippen molar-refractivity contribution in [1.29, 1.82) is 0 Å². The van der Waals surface area contributed by atoms with Crippen molar-refractivity contribution in [1.82, 2.24) is 10.3 Å². The minimum atomic E-state index is -0.0639. The molecule has 29 heavy (non-hydrogen) atoms. The Kier molecular flexibility index (Phi) is 4.32. The summed E-state index contributed by atoms with van der Waals surface area (Å²) < 4.78 is 6.03. The van der Waals surface area contributed by atoms with E-state index in [1.807, 2.05) is 60.7 Å². The van der Waals surface area contributed by atoms with Crippen LogP contribution in [0.1, 0.15) is 41.0 Å². The molecule has 0 fully saturated rings. The van der Waals surface area contributed by atoms with E-state index in [1.54, 1.807) is 0 Å². The zero-order valence-electron chi connectivity index (χ0n) is 16.2. The van der Waals surface area contributed by atoms with Crippen LogP contribution >= 0.6 is 0 Å². The highest BCUT2D eigenvalue weighted by Gasteiger charge is 2.28. The number of hydrogen-bond acceptors (Lipinski definition) is 2. The highest BCUT2D eigenvalue weighted by Crippen LogP contribution is 2.40. The van der Waals surface area contributed by atoms with Crippen LogP contribution in [0, 0.1) is 0 Å². The molecule has 144 valence electrons. The van der Waals surface area contributed by atoms with Gasteiger partial charge in [-0.15, -0.1) is 0 Å². The zero-order valence-corrected chi connectivity index (χ0v) is 16.2. The number of H-pyrrole nitrogens is 1. The van der Waals surface area contributed by atoms with Crippen LogP contribution < -0.4 is 10.1 Å². The second kappa shape index (κ2) is 7.13. The molecule has 5 rings (SSSR count). The lowest BCUT2D eigenvalue weighted by Gasteiger charge is -2.17. The quantitative estimate of drug-likeness (QED) is 0.482. The van der Waals surface area contributed by atoms with Gasteiger partial charge in [-0.25, -0.2) is 0 Å². The molecular formula is C25H22N2O2. The summed E-state index contributed by atoms with van der Waals surface area (Å²) >= 11 is 0. The summed E-state index contributed by atoms with van der Waals surface area (Å²) in [5.41, 5.74) is 5.87. The number of fused-ring (bicyclic) bond motifs is 5. The van der Waals surface area contributed by atoms with Gasteiger partial charge in [-0.3, -0.25) is 4.79 Å². The second-order valence-corrected chi connectivity index (χ2v) is 7.38. The predicted octanol–water partition coefficient (Wildman–Crippen LogP) is 5.61. The summed E-state index contributed by atoms with van der Waals surface area (Å²) in [5, 5.41) is 4.17. The molecule has 0 saturated heterocycles. The molecule has 4 heteroatoms. The number of hydrogen-bond donors (Lipinski definition) is 2.